The Morgan fingerprint density at radius 3 is 1.97 bits per heavy atom. The Morgan fingerprint density at radius 2 is 1.50 bits per heavy atom. The van der Waals surface area contributed by atoms with E-state index in [-0.39, 0.29) is 17.3 Å². The quantitative estimate of drug-likeness (QED) is 0.301. The summed E-state index contributed by atoms with van der Waals surface area (Å²) in [6.07, 6.45) is -0.557. The first-order chi connectivity index (χ1) is 15.2. The minimum absolute atomic E-state index is 0.0224. The van der Waals surface area contributed by atoms with Gasteiger partial charge in [0.15, 0.2) is 0 Å². The lowest BCUT2D eigenvalue weighted by molar-refractivity contribution is -0.383. The normalized spacial score (nSPS) is 11.1. The van der Waals surface area contributed by atoms with Gasteiger partial charge >= 0.3 is 12.0 Å². The number of rotatable bonds is 9. The topological polar surface area (TPSA) is 102 Å². The van der Waals surface area contributed by atoms with E-state index in [0.717, 1.165) is 43.3 Å². The summed E-state index contributed by atoms with van der Waals surface area (Å²) in [6.45, 7) is 2.11. The smallest absolute Gasteiger partial charge is 0.406 e. The number of benzene rings is 2. The van der Waals surface area contributed by atoms with Gasteiger partial charge in [-0.2, -0.15) is 0 Å². The largest absolute Gasteiger partial charge is 0.573 e. The van der Waals surface area contributed by atoms with Crippen molar-refractivity contribution in [3.05, 3.63) is 70.5 Å². The van der Waals surface area contributed by atoms with E-state index in [2.05, 4.69) is 32.3 Å². The summed E-state index contributed by atoms with van der Waals surface area (Å²) in [5.74, 6) is -0.549. The molecule has 0 unspecified atom stereocenters. The van der Waals surface area contributed by atoms with E-state index in [1.807, 2.05) is 24.3 Å². The van der Waals surface area contributed by atoms with Crippen LogP contribution in [0.3, 0.4) is 0 Å². The molecule has 0 radical (unpaired) electrons. The number of aromatic nitrogens is 2. The summed E-state index contributed by atoms with van der Waals surface area (Å²) in [5.41, 5.74) is 1.66. The van der Waals surface area contributed by atoms with Crippen molar-refractivity contribution in [1.29, 1.82) is 0 Å². The molecule has 8 nitrogen and oxygen atoms in total. The Morgan fingerprint density at radius 1 is 0.969 bits per heavy atom. The summed E-state index contributed by atoms with van der Waals surface area (Å²) in [7, 11) is 0. The first-order valence-electron chi connectivity index (χ1n) is 9.73. The van der Waals surface area contributed by atoms with Crippen molar-refractivity contribution in [2.24, 2.45) is 0 Å². The number of aryl methyl sites for hydroxylation is 1. The lowest BCUT2D eigenvalue weighted by atomic mass is 10.1. The third kappa shape index (κ3) is 6.30. The van der Waals surface area contributed by atoms with Crippen LogP contribution >= 0.6 is 0 Å². The number of ether oxygens (including phenoxy) is 1. The molecular weight excluding hydrogens is 427 g/mol. The Labute approximate surface area is 181 Å². The minimum Gasteiger partial charge on any atom is -0.406 e. The molecule has 2 N–H and O–H groups in total. The van der Waals surface area contributed by atoms with Gasteiger partial charge in [-0.15, -0.1) is 13.2 Å². The number of nitrogens with zero attached hydrogens (tertiary/aromatic N) is 3. The zero-order chi connectivity index (χ0) is 23.1. The van der Waals surface area contributed by atoms with Gasteiger partial charge in [-0.05, 0) is 54.8 Å². The summed E-state index contributed by atoms with van der Waals surface area (Å²) >= 11 is 0. The van der Waals surface area contributed by atoms with E-state index in [1.54, 1.807) is 0 Å². The number of hydrogen-bond donors (Lipinski definition) is 2. The zero-order valence-electron chi connectivity index (χ0n) is 17.0. The molecule has 0 saturated heterocycles. The maximum atomic E-state index is 12.3. The van der Waals surface area contributed by atoms with Crippen LogP contribution in [0.4, 0.5) is 41.9 Å². The first-order valence-corrected chi connectivity index (χ1v) is 9.73. The molecule has 11 heteroatoms. The number of alkyl halides is 3. The average molecular weight is 447 g/mol. The molecule has 0 aliphatic rings. The van der Waals surface area contributed by atoms with Crippen molar-refractivity contribution in [3.63, 3.8) is 0 Å². The molecule has 0 fully saturated rings. The van der Waals surface area contributed by atoms with Crippen LogP contribution in [0, 0.1) is 10.1 Å². The molecular formula is C21H20F3N5O3. The molecule has 0 aliphatic carbocycles. The molecule has 3 rings (SSSR count). The van der Waals surface area contributed by atoms with Crippen molar-refractivity contribution in [3.8, 4) is 5.75 Å². The fraction of sp³-hybridized carbons (Fsp3) is 0.238. The molecule has 1 heterocycles. The van der Waals surface area contributed by atoms with Gasteiger partial charge in [0.05, 0.1) is 4.92 Å². The number of anilines is 4. The van der Waals surface area contributed by atoms with Gasteiger partial charge < -0.3 is 15.4 Å². The van der Waals surface area contributed by atoms with Crippen molar-refractivity contribution in [2.45, 2.75) is 32.5 Å². The molecule has 1 aromatic heterocycles. The van der Waals surface area contributed by atoms with Crippen molar-refractivity contribution >= 4 is 28.7 Å². The van der Waals surface area contributed by atoms with Crippen LogP contribution in [0.15, 0.2) is 54.9 Å². The summed E-state index contributed by atoms with van der Waals surface area (Å²) < 4.78 is 40.7. The molecule has 2 aromatic carbocycles. The molecule has 0 aliphatic heterocycles. The Balaban J connectivity index is 1.79. The molecule has 0 amide bonds. The molecule has 0 spiro atoms. The van der Waals surface area contributed by atoms with Crippen LogP contribution in [-0.2, 0) is 6.42 Å². The van der Waals surface area contributed by atoms with E-state index in [0.29, 0.717) is 5.69 Å². The molecule has 168 valence electrons. The second-order valence-corrected chi connectivity index (χ2v) is 6.80. The van der Waals surface area contributed by atoms with Gasteiger partial charge in [0, 0.05) is 11.4 Å². The lowest BCUT2D eigenvalue weighted by Crippen LogP contribution is -2.17. The maximum Gasteiger partial charge on any atom is 0.573 e. The summed E-state index contributed by atoms with van der Waals surface area (Å²) in [4.78, 5) is 19.0. The van der Waals surface area contributed by atoms with Crippen LogP contribution in [0.2, 0.25) is 0 Å². The Hall–Kier alpha value is -3.89. The number of nitrogens with one attached hydrogen (secondary N) is 2. The fourth-order valence-corrected chi connectivity index (χ4v) is 2.88. The number of halogens is 3. The van der Waals surface area contributed by atoms with E-state index in [9.17, 15) is 23.3 Å². The van der Waals surface area contributed by atoms with Crippen LogP contribution in [-0.4, -0.2) is 21.3 Å². The maximum absolute atomic E-state index is 12.3. The summed E-state index contributed by atoms with van der Waals surface area (Å²) in [5, 5.41) is 17.4. The fourth-order valence-electron chi connectivity index (χ4n) is 2.88. The Kier molecular flexibility index (Phi) is 7.08. The standard InChI is InChI=1S/C21H20F3N5O3/c1-2-3-4-14-5-7-15(8-6-14)27-19-18(29(30)31)20(26-13-25-19)28-16-9-11-17(12-10-16)32-21(22,23)24/h5-13H,2-4H2,1H3,(H2,25,26,27,28). The first kappa shape index (κ1) is 22.8. The summed E-state index contributed by atoms with van der Waals surface area (Å²) in [6, 6.07) is 12.2. The van der Waals surface area contributed by atoms with E-state index < -0.39 is 22.7 Å². The van der Waals surface area contributed by atoms with E-state index >= 15 is 0 Å². The van der Waals surface area contributed by atoms with Crippen LogP contribution in [0.25, 0.3) is 0 Å². The minimum atomic E-state index is -4.81. The highest BCUT2D eigenvalue weighted by Crippen LogP contribution is 2.33. The molecule has 0 atom stereocenters. The highest BCUT2D eigenvalue weighted by atomic mass is 19.4. The Bertz CT molecular complexity index is 1060. The number of nitro groups is 1. The predicted octanol–water partition coefficient (Wildman–Crippen LogP) is 6.11. The monoisotopic (exact) mass is 447 g/mol. The SMILES string of the molecule is CCCCc1ccc(Nc2ncnc(Nc3ccc(OC(F)(F)F)cc3)c2[N+](=O)[O-])cc1. The second-order valence-electron chi connectivity index (χ2n) is 6.80. The zero-order valence-corrected chi connectivity index (χ0v) is 17.0. The number of hydrogen-bond acceptors (Lipinski definition) is 7. The third-order valence-electron chi connectivity index (χ3n) is 4.39. The molecule has 32 heavy (non-hydrogen) atoms. The molecule has 0 bridgehead atoms. The van der Waals surface area contributed by atoms with Gasteiger partial charge in [0.25, 0.3) is 0 Å². The lowest BCUT2D eigenvalue weighted by Gasteiger charge is -2.12. The average Bonchev–Trinajstić information content (AvgIpc) is 2.73. The van der Waals surface area contributed by atoms with Gasteiger partial charge in [-0.1, -0.05) is 25.5 Å². The van der Waals surface area contributed by atoms with Gasteiger partial charge in [-0.3, -0.25) is 10.1 Å². The van der Waals surface area contributed by atoms with Gasteiger partial charge in [-0.25, -0.2) is 9.97 Å². The third-order valence-corrected chi connectivity index (χ3v) is 4.39. The van der Waals surface area contributed by atoms with Crippen LogP contribution in [0.1, 0.15) is 25.3 Å². The van der Waals surface area contributed by atoms with Gasteiger partial charge in [0.2, 0.25) is 11.6 Å². The van der Waals surface area contributed by atoms with Gasteiger partial charge in [0.1, 0.15) is 12.1 Å². The van der Waals surface area contributed by atoms with Crippen molar-refractivity contribution in [2.75, 3.05) is 10.6 Å². The van der Waals surface area contributed by atoms with Crippen LogP contribution < -0.4 is 15.4 Å². The highest BCUT2D eigenvalue weighted by molar-refractivity contribution is 5.76. The predicted molar refractivity (Wildman–Crippen MR) is 113 cm³/mol. The van der Waals surface area contributed by atoms with E-state index in [4.69, 9.17) is 0 Å². The second kappa shape index (κ2) is 9.94. The highest BCUT2D eigenvalue weighted by Gasteiger charge is 2.31. The molecule has 0 saturated carbocycles. The van der Waals surface area contributed by atoms with E-state index in [1.165, 1.54) is 12.1 Å². The van der Waals surface area contributed by atoms with Crippen LogP contribution in [0.5, 0.6) is 5.75 Å². The van der Waals surface area contributed by atoms with Crippen molar-refractivity contribution < 1.29 is 22.8 Å². The molecule has 3 aromatic rings. The number of unbranched alkanes of at least 4 members (excludes halogenated alkanes) is 1. The van der Waals surface area contributed by atoms with Crippen molar-refractivity contribution in [1.82, 2.24) is 9.97 Å².